The molecule has 19 heavy (non-hydrogen) atoms. The van der Waals surface area contributed by atoms with Crippen molar-refractivity contribution in [1.82, 2.24) is 4.90 Å². The van der Waals surface area contributed by atoms with Crippen molar-refractivity contribution in [1.29, 1.82) is 0 Å². The Hall–Kier alpha value is -1.07. The highest BCUT2D eigenvalue weighted by atomic mass is 35.7. The zero-order valence-corrected chi connectivity index (χ0v) is 12.8. The van der Waals surface area contributed by atoms with Gasteiger partial charge in [-0.1, -0.05) is 26.0 Å². The van der Waals surface area contributed by atoms with Gasteiger partial charge in [0.1, 0.15) is 0 Å². The summed E-state index contributed by atoms with van der Waals surface area (Å²) >= 11 is 0. The highest BCUT2D eigenvalue weighted by molar-refractivity contribution is 8.13. The molecular formula is C13H18ClNO3S. The average molecular weight is 304 g/mol. The van der Waals surface area contributed by atoms with Gasteiger partial charge in [0.15, 0.2) is 0 Å². The van der Waals surface area contributed by atoms with Crippen molar-refractivity contribution < 1.29 is 13.2 Å². The van der Waals surface area contributed by atoms with Crippen LogP contribution in [0.25, 0.3) is 0 Å². The Morgan fingerprint density at radius 1 is 1.26 bits per heavy atom. The molecule has 1 rings (SSSR count). The van der Waals surface area contributed by atoms with E-state index >= 15 is 0 Å². The van der Waals surface area contributed by atoms with Crippen LogP contribution in [-0.2, 0) is 20.4 Å². The van der Waals surface area contributed by atoms with Gasteiger partial charge in [0, 0.05) is 30.7 Å². The summed E-state index contributed by atoms with van der Waals surface area (Å²) in [5, 5.41) is 0. The Kier molecular flexibility index (Phi) is 5.38. The van der Waals surface area contributed by atoms with Crippen LogP contribution < -0.4 is 0 Å². The SMILES string of the molecule is CC(C)CC(=O)N(C)Cc1ccc(S(=O)(=O)Cl)cc1. The van der Waals surface area contributed by atoms with Gasteiger partial charge in [-0.25, -0.2) is 8.42 Å². The molecule has 0 aliphatic carbocycles. The van der Waals surface area contributed by atoms with Crippen molar-refractivity contribution in [3.05, 3.63) is 29.8 Å². The van der Waals surface area contributed by atoms with E-state index in [-0.39, 0.29) is 10.8 Å². The molecule has 0 fully saturated rings. The summed E-state index contributed by atoms with van der Waals surface area (Å²) in [5.74, 6) is 0.391. The summed E-state index contributed by atoms with van der Waals surface area (Å²) < 4.78 is 22.2. The average Bonchev–Trinajstić information content (AvgIpc) is 2.27. The van der Waals surface area contributed by atoms with Gasteiger partial charge in [-0.3, -0.25) is 4.79 Å². The third kappa shape index (κ3) is 5.20. The Morgan fingerprint density at radius 3 is 2.21 bits per heavy atom. The molecule has 4 nitrogen and oxygen atoms in total. The minimum absolute atomic E-state index is 0.0640. The molecule has 0 bridgehead atoms. The van der Waals surface area contributed by atoms with Crippen molar-refractivity contribution in [3.8, 4) is 0 Å². The summed E-state index contributed by atoms with van der Waals surface area (Å²) in [6.07, 6.45) is 0.505. The van der Waals surface area contributed by atoms with E-state index in [0.717, 1.165) is 5.56 Å². The van der Waals surface area contributed by atoms with Crippen molar-refractivity contribution in [2.45, 2.75) is 31.7 Å². The Labute approximate surface area is 118 Å². The van der Waals surface area contributed by atoms with Gasteiger partial charge in [-0.05, 0) is 23.6 Å². The maximum absolute atomic E-state index is 11.8. The largest absolute Gasteiger partial charge is 0.341 e. The smallest absolute Gasteiger partial charge is 0.261 e. The molecule has 106 valence electrons. The lowest BCUT2D eigenvalue weighted by atomic mass is 10.1. The lowest BCUT2D eigenvalue weighted by Gasteiger charge is -2.18. The van der Waals surface area contributed by atoms with E-state index in [1.165, 1.54) is 12.1 Å². The van der Waals surface area contributed by atoms with Gasteiger partial charge < -0.3 is 4.90 Å². The van der Waals surface area contributed by atoms with Crippen molar-refractivity contribution in [2.24, 2.45) is 5.92 Å². The number of hydrogen-bond acceptors (Lipinski definition) is 3. The van der Waals surface area contributed by atoms with Gasteiger partial charge in [0.2, 0.25) is 5.91 Å². The monoisotopic (exact) mass is 303 g/mol. The number of nitrogens with zero attached hydrogens (tertiary/aromatic N) is 1. The second-order valence-corrected chi connectivity index (χ2v) is 7.50. The number of rotatable bonds is 5. The van der Waals surface area contributed by atoms with E-state index in [2.05, 4.69) is 0 Å². The maximum Gasteiger partial charge on any atom is 0.261 e. The van der Waals surface area contributed by atoms with Gasteiger partial charge >= 0.3 is 0 Å². The number of amides is 1. The quantitative estimate of drug-likeness (QED) is 0.786. The molecule has 0 aliphatic heterocycles. The first-order valence-electron chi connectivity index (χ1n) is 5.97. The fourth-order valence-corrected chi connectivity index (χ4v) is 2.39. The van der Waals surface area contributed by atoms with Gasteiger partial charge in [-0.2, -0.15) is 0 Å². The summed E-state index contributed by atoms with van der Waals surface area (Å²) in [4.78, 5) is 13.5. The van der Waals surface area contributed by atoms with Crippen LogP contribution in [0.5, 0.6) is 0 Å². The van der Waals surface area contributed by atoms with E-state index in [1.54, 1.807) is 24.1 Å². The van der Waals surface area contributed by atoms with E-state index in [9.17, 15) is 13.2 Å². The predicted octanol–water partition coefficient (Wildman–Crippen LogP) is 2.62. The molecule has 0 spiro atoms. The number of carbonyl (C=O) groups excluding carboxylic acids is 1. The Bertz CT molecular complexity index is 538. The van der Waals surface area contributed by atoms with Gasteiger partial charge in [-0.15, -0.1) is 0 Å². The first-order chi connectivity index (χ1) is 8.70. The topological polar surface area (TPSA) is 54.5 Å². The molecule has 0 radical (unpaired) electrons. The molecule has 0 heterocycles. The van der Waals surface area contributed by atoms with E-state index < -0.39 is 9.05 Å². The van der Waals surface area contributed by atoms with E-state index in [4.69, 9.17) is 10.7 Å². The second-order valence-electron chi connectivity index (χ2n) is 4.93. The summed E-state index contributed by atoms with van der Waals surface area (Å²) in [6.45, 7) is 4.44. The van der Waals surface area contributed by atoms with Crippen LogP contribution >= 0.6 is 10.7 Å². The lowest BCUT2D eigenvalue weighted by molar-refractivity contribution is -0.131. The molecule has 1 aromatic rings. The van der Waals surface area contributed by atoms with Gasteiger partial charge in [0.05, 0.1) is 4.90 Å². The van der Waals surface area contributed by atoms with Crippen LogP contribution in [0.3, 0.4) is 0 Å². The highest BCUT2D eigenvalue weighted by Crippen LogP contribution is 2.16. The van der Waals surface area contributed by atoms with E-state index in [1.807, 2.05) is 13.8 Å². The maximum atomic E-state index is 11.8. The Balaban J connectivity index is 2.71. The van der Waals surface area contributed by atoms with Crippen LogP contribution in [0, 0.1) is 5.92 Å². The minimum Gasteiger partial charge on any atom is -0.341 e. The third-order valence-corrected chi connectivity index (χ3v) is 4.00. The summed E-state index contributed by atoms with van der Waals surface area (Å²) in [6, 6.07) is 6.21. The van der Waals surface area contributed by atoms with Crippen molar-refractivity contribution in [3.63, 3.8) is 0 Å². The third-order valence-electron chi connectivity index (χ3n) is 2.63. The molecule has 0 N–H and O–H groups in total. The van der Waals surface area contributed by atoms with Crippen molar-refractivity contribution >= 4 is 25.6 Å². The summed E-state index contributed by atoms with van der Waals surface area (Å²) in [7, 11) is 3.28. The van der Waals surface area contributed by atoms with Gasteiger partial charge in [0.25, 0.3) is 9.05 Å². The van der Waals surface area contributed by atoms with Crippen LogP contribution in [0.4, 0.5) is 0 Å². The molecule has 0 aromatic heterocycles. The molecule has 1 amide bonds. The summed E-state index contributed by atoms with van der Waals surface area (Å²) in [5.41, 5.74) is 0.865. The first kappa shape index (κ1) is 16.0. The standard InChI is InChI=1S/C13H18ClNO3S/c1-10(2)8-13(16)15(3)9-11-4-6-12(7-5-11)19(14,17)18/h4-7,10H,8-9H2,1-3H3. The normalized spacial score (nSPS) is 11.6. The fraction of sp³-hybridized carbons (Fsp3) is 0.462. The molecule has 0 saturated carbocycles. The van der Waals surface area contributed by atoms with Crippen LogP contribution in [-0.4, -0.2) is 26.3 Å². The Morgan fingerprint density at radius 2 is 1.79 bits per heavy atom. The number of hydrogen-bond donors (Lipinski definition) is 0. The van der Waals surface area contributed by atoms with Crippen LogP contribution in [0.15, 0.2) is 29.2 Å². The molecule has 6 heteroatoms. The number of carbonyl (C=O) groups is 1. The number of halogens is 1. The molecule has 0 unspecified atom stereocenters. The lowest BCUT2D eigenvalue weighted by Crippen LogP contribution is -2.27. The first-order valence-corrected chi connectivity index (χ1v) is 8.28. The van der Waals surface area contributed by atoms with Crippen molar-refractivity contribution in [2.75, 3.05) is 7.05 Å². The molecular weight excluding hydrogens is 286 g/mol. The van der Waals surface area contributed by atoms with E-state index in [0.29, 0.717) is 18.9 Å². The molecule has 0 aliphatic rings. The van der Waals surface area contributed by atoms with Crippen LogP contribution in [0.2, 0.25) is 0 Å². The predicted molar refractivity (Wildman–Crippen MR) is 75.4 cm³/mol. The number of benzene rings is 1. The molecule has 0 atom stereocenters. The zero-order valence-electron chi connectivity index (χ0n) is 11.3. The zero-order chi connectivity index (χ0) is 14.6. The second kappa shape index (κ2) is 6.39. The highest BCUT2D eigenvalue weighted by Gasteiger charge is 2.12. The fourth-order valence-electron chi connectivity index (χ4n) is 1.62. The molecule has 0 saturated heterocycles. The van der Waals surface area contributed by atoms with Crippen LogP contribution in [0.1, 0.15) is 25.8 Å². The molecule has 1 aromatic carbocycles. The minimum atomic E-state index is -3.69.